The minimum absolute atomic E-state index is 0.661. The first-order valence-electron chi connectivity index (χ1n) is 6.00. The Morgan fingerprint density at radius 2 is 2.00 bits per heavy atom. The lowest BCUT2D eigenvalue weighted by molar-refractivity contribution is 0.148. The summed E-state index contributed by atoms with van der Waals surface area (Å²) < 4.78 is 5.13. The second-order valence-corrected chi connectivity index (χ2v) is 4.77. The van der Waals surface area contributed by atoms with Gasteiger partial charge < -0.3 is 4.74 Å². The van der Waals surface area contributed by atoms with E-state index in [0.29, 0.717) is 5.88 Å². The molecule has 0 radical (unpaired) electrons. The third kappa shape index (κ3) is 5.07. The quantitative estimate of drug-likeness (QED) is 0.695. The monoisotopic (exact) mass is 255 g/mol. The van der Waals surface area contributed by atoms with Crippen molar-refractivity contribution in [1.29, 1.82) is 0 Å². The molecule has 0 aromatic heterocycles. The highest BCUT2D eigenvalue weighted by Gasteiger charge is 2.07. The van der Waals surface area contributed by atoms with Crippen LogP contribution in [0.1, 0.15) is 16.7 Å². The van der Waals surface area contributed by atoms with Crippen molar-refractivity contribution in [3.63, 3.8) is 0 Å². The van der Waals surface area contributed by atoms with Gasteiger partial charge in [-0.1, -0.05) is 23.8 Å². The molecule has 0 bridgehead atoms. The number of nitrogens with zero attached hydrogens (tertiary/aromatic N) is 1. The summed E-state index contributed by atoms with van der Waals surface area (Å²) in [5, 5.41) is 0. The van der Waals surface area contributed by atoms with Crippen molar-refractivity contribution in [3.8, 4) is 0 Å². The van der Waals surface area contributed by atoms with Crippen LogP contribution in [0.2, 0.25) is 0 Å². The van der Waals surface area contributed by atoms with Crippen LogP contribution in [0.5, 0.6) is 0 Å². The molecule has 96 valence electrons. The average molecular weight is 256 g/mol. The molecule has 0 atom stereocenters. The summed E-state index contributed by atoms with van der Waals surface area (Å²) in [4.78, 5) is 2.33. The van der Waals surface area contributed by atoms with Crippen molar-refractivity contribution in [2.45, 2.75) is 20.4 Å². The molecule has 1 rings (SSSR count). The Kier molecular flexibility index (Phi) is 6.56. The molecule has 0 saturated heterocycles. The fraction of sp³-hybridized carbons (Fsp3) is 0.571. The van der Waals surface area contributed by atoms with Crippen LogP contribution >= 0.6 is 11.6 Å². The molecule has 0 fully saturated rings. The van der Waals surface area contributed by atoms with Gasteiger partial charge in [0.05, 0.1) is 6.61 Å². The van der Waals surface area contributed by atoms with Crippen molar-refractivity contribution >= 4 is 11.6 Å². The highest BCUT2D eigenvalue weighted by Crippen LogP contribution is 2.13. The molecular formula is C14H22ClNO. The standard InChI is InChI=1S/C14H22ClNO/c1-12-4-5-13(2)14(10-12)11-16(7-6-15)8-9-17-3/h4-5,10H,6-9,11H2,1-3H3. The second-order valence-electron chi connectivity index (χ2n) is 4.39. The van der Waals surface area contributed by atoms with Gasteiger partial charge in [0.2, 0.25) is 0 Å². The molecule has 0 saturated carbocycles. The Morgan fingerprint density at radius 1 is 1.24 bits per heavy atom. The van der Waals surface area contributed by atoms with E-state index in [1.165, 1.54) is 16.7 Å². The van der Waals surface area contributed by atoms with Crippen LogP contribution in [0, 0.1) is 13.8 Å². The Bertz CT molecular complexity index is 341. The molecule has 3 heteroatoms. The average Bonchev–Trinajstić information content (AvgIpc) is 2.31. The topological polar surface area (TPSA) is 12.5 Å². The van der Waals surface area contributed by atoms with Gasteiger partial charge in [0.15, 0.2) is 0 Å². The van der Waals surface area contributed by atoms with Gasteiger partial charge in [0.25, 0.3) is 0 Å². The summed E-state index contributed by atoms with van der Waals surface area (Å²) in [6.45, 7) is 7.81. The molecule has 0 amide bonds. The number of aryl methyl sites for hydroxylation is 2. The van der Waals surface area contributed by atoms with Crippen molar-refractivity contribution in [2.75, 3.05) is 32.7 Å². The Hall–Kier alpha value is -0.570. The molecule has 1 aromatic carbocycles. The molecule has 17 heavy (non-hydrogen) atoms. The maximum atomic E-state index is 5.83. The van der Waals surface area contributed by atoms with Crippen molar-refractivity contribution in [2.24, 2.45) is 0 Å². The van der Waals surface area contributed by atoms with E-state index < -0.39 is 0 Å². The second kappa shape index (κ2) is 7.70. The van der Waals surface area contributed by atoms with Crippen molar-refractivity contribution < 1.29 is 4.74 Å². The van der Waals surface area contributed by atoms with Crippen molar-refractivity contribution in [3.05, 3.63) is 34.9 Å². The minimum atomic E-state index is 0.661. The number of halogens is 1. The van der Waals surface area contributed by atoms with Crippen LogP contribution in [0.3, 0.4) is 0 Å². The highest BCUT2D eigenvalue weighted by molar-refractivity contribution is 6.18. The predicted octanol–water partition coefficient (Wildman–Crippen LogP) is 2.99. The third-order valence-electron chi connectivity index (χ3n) is 2.91. The Balaban J connectivity index is 2.67. The maximum Gasteiger partial charge on any atom is 0.0589 e. The Labute approximate surface area is 110 Å². The first-order chi connectivity index (χ1) is 8.17. The number of alkyl halides is 1. The lowest BCUT2D eigenvalue weighted by atomic mass is 10.1. The van der Waals surface area contributed by atoms with Gasteiger partial charge in [-0.05, 0) is 25.0 Å². The smallest absolute Gasteiger partial charge is 0.0589 e. The summed E-state index contributed by atoms with van der Waals surface area (Å²) in [5.41, 5.74) is 4.03. The summed E-state index contributed by atoms with van der Waals surface area (Å²) in [6, 6.07) is 6.59. The number of rotatable bonds is 7. The lowest BCUT2D eigenvalue weighted by Crippen LogP contribution is -2.29. The molecule has 0 spiro atoms. The number of ether oxygens (including phenoxy) is 1. The molecule has 2 nitrogen and oxygen atoms in total. The molecular weight excluding hydrogens is 234 g/mol. The van der Waals surface area contributed by atoms with E-state index in [0.717, 1.165) is 26.2 Å². The van der Waals surface area contributed by atoms with Gasteiger partial charge in [-0.25, -0.2) is 0 Å². The molecule has 1 aromatic rings. The number of benzene rings is 1. The fourth-order valence-electron chi connectivity index (χ4n) is 1.82. The fourth-order valence-corrected chi connectivity index (χ4v) is 2.06. The van der Waals surface area contributed by atoms with E-state index in [4.69, 9.17) is 16.3 Å². The Morgan fingerprint density at radius 3 is 2.65 bits per heavy atom. The predicted molar refractivity (Wildman–Crippen MR) is 73.8 cm³/mol. The van der Waals surface area contributed by atoms with Crippen LogP contribution in [-0.4, -0.2) is 37.6 Å². The summed E-state index contributed by atoms with van der Waals surface area (Å²) >= 11 is 5.83. The van der Waals surface area contributed by atoms with Crippen LogP contribution in [0.15, 0.2) is 18.2 Å². The number of hydrogen-bond donors (Lipinski definition) is 0. The van der Waals surface area contributed by atoms with Gasteiger partial charge in [0.1, 0.15) is 0 Å². The third-order valence-corrected chi connectivity index (χ3v) is 3.08. The van der Waals surface area contributed by atoms with E-state index in [2.05, 4.69) is 36.9 Å². The van der Waals surface area contributed by atoms with Gasteiger partial charge >= 0.3 is 0 Å². The number of hydrogen-bond acceptors (Lipinski definition) is 2. The molecule has 0 heterocycles. The van der Waals surface area contributed by atoms with E-state index in [1.807, 2.05) is 0 Å². The largest absolute Gasteiger partial charge is 0.383 e. The van der Waals surface area contributed by atoms with Crippen LogP contribution in [-0.2, 0) is 11.3 Å². The van der Waals surface area contributed by atoms with Crippen molar-refractivity contribution in [1.82, 2.24) is 4.90 Å². The van der Waals surface area contributed by atoms with E-state index in [9.17, 15) is 0 Å². The zero-order chi connectivity index (χ0) is 12.7. The molecule has 0 aliphatic carbocycles. The molecule has 0 N–H and O–H groups in total. The normalized spacial score (nSPS) is 11.1. The van der Waals surface area contributed by atoms with Crippen LogP contribution < -0.4 is 0 Å². The van der Waals surface area contributed by atoms with E-state index >= 15 is 0 Å². The summed E-state index contributed by atoms with van der Waals surface area (Å²) in [7, 11) is 1.73. The molecule has 0 aliphatic heterocycles. The van der Waals surface area contributed by atoms with Crippen LogP contribution in [0.4, 0.5) is 0 Å². The first kappa shape index (κ1) is 14.5. The van der Waals surface area contributed by atoms with Gasteiger partial charge in [0, 0.05) is 32.6 Å². The molecule has 0 unspecified atom stereocenters. The van der Waals surface area contributed by atoms with Gasteiger partial charge in [-0.3, -0.25) is 4.90 Å². The lowest BCUT2D eigenvalue weighted by Gasteiger charge is -2.22. The maximum absolute atomic E-state index is 5.83. The molecule has 0 aliphatic rings. The number of methoxy groups -OCH3 is 1. The van der Waals surface area contributed by atoms with E-state index in [-0.39, 0.29) is 0 Å². The minimum Gasteiger partial charge on any atom is -0.383 e. The van der Waals surface area contributed by atoms with Gasteiger partial charge in [-0.15, -0.1) is 11.6 Å². The van der Waals surface area contributed by atoms with Gasteiger partial charge in [-0.2, -0.15) is 0 Å². The zero-order valence-corrected chi connectivity index (χ0v) is 11.8. The van der Waals surface area contributed by atoms with E-state index in [1.54, 1.807) is 7.11 Å². The summed E-state index contributed by atoms with van der Waals surface area (Å²) in [5.74, 6) is 0.661. The van der Waals surface area contributed by atoms with Crippen LogP contribution in [0.25, 0.3) is 0 Å². The summed E-state index contributed by atoms with van der Waals surface area (Å²) in [6.07, 6.45) is 0. The highest BCUT2D eigenvalue weighted by atomic mass is 35.5. The SMILES string of the molecule is COCCN(CCCl)Cc1cc(C)ccc1C. The first-order valence-corrected chi connectivity index (χ1v) is 6.54. The zero-order valence-electron chi connectivity index (χ0n) is 11.0.